The Kier molecular flexibility index (Phi) is 5.96. The highest BCUT2D eigenvalue weighted by Gasteiger charge is 2.32. The van der Waals surface area contributed by atoms with Crippen LogP contribution in [0.25, 0.3) is 10.9 Å². The molecule has 0 radical (unpaired) electrons. The van der Waals surface area contributed by atoms with Gasteiger partial charge in [0.2, 0.25) is 0 Å². The molecule has 1 aromatic heterocycles. The van der Waals surface area contributed by atoms with Gasteiger partial charge in [-0.25, -0.2) is 8.78 Å². The van der Waals surface area contributed by atoms with Gasteiger partial charge in [-0.15, -0.1) is 0 Å². The molecule has 1 atom stereocenters. The van der Waals surface area contributed by atoms with E-state index in [1.165, 1.54) is 23.0 Å². The molecule has 1 saturated carbocycles. The quantitative estimate of drug-likeness (QED) is 0.461. The van der Waals surface area contributed by atoms with Crippen LogP contribution in [0.5, 0.6) is 5.75 Å². The van der Waals surface area contributed by atoms with Crippen LogP contribution in [0.3, 0.4) is 0 Å². The van der Waals surface area contributed by atoms with Crippen LogP contribution in [-0.4, -0.2) is 52.8 Å². The van der Waals surface area contributed by atoms with Gasteiger partial charge < -0.3 is 14.2 Å². The van der Waals surface area contributed by atoms with E-state index < -0.39 is 17.8 Å². The molecule has 3 aromatic rings. The molecule has 32 heavy (non-hydrogen) atoms. The summed E-state index contributed by atoms with van der Waals surface area (Å²) in [5.41, 5.74) is 1.13. The number of fused-ring (bicyclic) bond motifs is 1. The third-order valence-corrected chi connectivity index (χ3v) is 7.80. The van der Waals surface area contributed by atoms with E-state index in [4.69, 9.17) is 16.3 Å². The summed E-state index contributed by atoms with van der Waals surface area (Å²) in [4.78, 5) is 5.28. The van der Waals surface area contributed by atoms with Crippen LogP contribution >= 0.6 is 11.6 Å². The predicted octanol–water partition coefficient (Wildman–Crippen LogP) is 5.10. The van der Waals surface area contributed by atoms with Gasteiger partial charge in [-0.05, 0) is 37.1 Å². The van der Waals surface area contributed by atoms with Crippen LogP contribution in [0, 0.1) is 0 Å². The van der Waals surface area contributed by atoms with Crippen molar-refractivity contribution in [3.63, 3.8) is 0 Å². The van der Waals surface area contributed by atoms with Crippen LogP contribution in [-0.2, 0) is 11.4 Å². The maximum atomic E-state index is 13.6. The molecule has 2 heterocycles. The predicted molar refractivity (Wildman–Crippen MR) is 124 cm³/mol. The van der Waals surface area contributed by atoms with Crippen molar-refractivity contribution in [3.8, 4) is 5.75 Å². The summed E-state index contributed by atoms with van der Waals surface area (Å²) < 4.78 is 47.7. The Morgan fingerprint density at radius 1 is 1.09 bits per heavy atom. The van der Waals surface area contributed by atoms with Gasteiger partial charge in [0.1, 0.15) is 17.1 Å². The standard InChI is InChI=1S/C23H24ClF2N3O2S/c1-31-22-7-5-17(13-21(22)28-10-8-27(9-11-28)16-3-4-16)32(30)29-14-19(23(25)26)18-6-2-15(24)12-20(18)29/h2,5-7,12-14,16,23H,3-4,8-11H2,1H3. The fraction of sp³-hybridized carbons (Fsp3) is 0.391. The van der Waals surface area contributed by atoms with E-state index in [1.807, 2.05) is 6.07 Å². The molecule has 0 bridgehead atoms. The van der Waals surface area contributed by atoms with Crippen LogP contribution < -0.4 is 9.64 Å². The second kappa shape index (κ2) is 8.74. The minimum absolute atomic E-state index is 0.157. The van der Waals surface area contributed by atoms with Crippen molar-refractivity contribution < 1.29 is 18.1 Å². The summed E-state index contributed by atoms with van der Waals surface area (Å²) >= 11 is 4.39. The Morgan fingerprint density at radius 2 is 1.84 bits per heavy atom. The van der Waals surface area contributed by atoms with Crippen molar-refractivity contribution in [2.75, 3.05) is 38.2 Å². The molecule has 1 aliphatic heterocycles. The molecule has 170 valence electrons. The second-order valence-corrected chi connectivity index (χ2v) is 10.0. The normalized spacial score (nSPS) is 18.5. The first-order chi connectivity index (χ1) is 15.5. The largest absolute Gasteiger partial charge is 0.587 e. The zero-order valence-electron chi connectivity index (χ0n) is 17.6. The number of methoxy groups -OCH3 is 1. The fourth-order valence-electron chi connectivity index (χ4n) is 4.41. The first-order valence-electron chi connectivity index (χ1n) is 10.6. The van der Waals surface area contributed by atoms with E-state index in [9.17, 15) is 13.3 Å². The number of anilines is 1. The van der Waals surface area contributed by atoms with Gasteiger partial charge >= 0.3 is 0 Å². The summed E-state index contributed by atoms with van der Waals surface area (Å²) in [6.07, 6.45) is 1.16. The average Bonchev–Trinajstić information content (AvgIpc) is 3.59. The van der Waals surface area contributed by atoms with Gasteiger partial charge in [0.15, 0.2) is 4.90 Å². The number of alkyl halides is 2. The molecule has 1 aliphatic carbocycles. The number of halogens is 3. The van der Waals surface area contributed by atoms with Crippen molar-refractivity contribution in [1.82, 2.24) is 8.87 Å². The number of ether oxygens (including phenoxy) is 1. The molecular weight excluding hydrogens is 456 g/mol. The number of rotatable bonds is 6. The van der Waals surface area contributed by atoms with Crippen LogP contribution in [0.4, 0.5) is 14.5 Å². The minimum Gasteiger partial charge on any atom is -0.587 e. The van der Waals surface area contributed by atoms with Gasteiger partial charge in [0, 0.05) is 54.3 Å². The first-order valence-corrected chi connectivity index (χ1v) is 12.1. The summed E-state index contributed by atoms with van der Waals surface area (Å²) in [6.45, 7) is 3.69. The molecule has 5 nitrogen and oxygen atoms in total. The molecule has 9 heteroatoms. The van der Waals surface area contributed by atoms with Gasteiger partial charge in [-0.3, -0.25) is 4.90 Å². The molecular formula is C23H24ClF2N3O2S. The number of hydrogen-bond acceptors (Lipinski definition) is 4. The molecule has 2 aromatic carbocycles. The van der Waals surface area contributed by atoms with Crippen molar-refractivity contribution in [2.45, 2.75) is 30.2 Å². The highest BCUT2D eigenvalue weighted by molar-refractivity contribution is 7.90. The first kappa shape index (κ1) is 21.8. The molecule has 0 amide bonds. The SMILES string of the molecule is COc1ccc([S+]([O-])n2cc(C(F)F)c3ccc(Cl)cc32)cc1N1CCN(C2CC2)CC1. The summed E-state index contributed by atoms with van der Waals surface area (Å²) in [7, 11) is 1.62. The van der Waals surface area contributed by atoms with Crippen molar-refractivity contribution >= 4 is 39.6 Å². The Morgan fingerprint density at radius 3 is 2.50 bits per heavy atom. The Hall–Kier alpha value is -2.00. The van der Waals surface area contributed by atoms with E-state index in [0.717, 1.165) is 37.9 Å². The van der Waals surface area contributed by atoms with E-state index in [2.05, 4.69) is 9.80 Å². The monoisotopic (exact) mass is 479 g/mol. The maximum absolute atomic E-state index is 13.6. The maximum Gasteiger partial charge on any atom is 0.266 e. The number of piperazine rings is 1. The topological polar surface area (TPSA) is 43.7 Å². The van der Waals surface area contributed by atoms with Gasteiger partial charge in [0.05, 0.1) is 24.5 Å². The van der Waals surface area contributed by atoms with Crippen LogP contribution in [0.15, 0.2) is 47.5 Å². The molecule has 1 unspecified atom stereocenters. The van der Waals surface area contributed by atoms with Crippen molar-refractivity contribution in [3.05, 3.63) is 53.2 Å². The Labute approximate surface area is 193 Å². The van der Waals surface area contributed by atoms with Gasteiger partial charge in [0.25, 0.3) is 6.43 Å². The van der Waals surface area contributed by atoms with Crippen LogP contribution in [0.1, 0.15) is 24.8 Å². The van der Waals surface area contributed by atoms with Gasteiger partial charge in [-0.2, -0.15) is 3.97 Å². The zero-order valence-corrected chi connectivity index (χ0v) is 19.2. The molecule has 0 spiro atoms. The third kappa shape index (κ3) is 4.05. The molecule has 1 saturated heterocycles. The summed E-state index contributed by atoms with van der Waals surface area (Å²) in [5, 5.41) is 0.751. The smallest absolute Gasteiger partial charge is 0.266 e. The highest BCUT2D eigenvalue weighted by atomic mass is 35.5. The number of aromatic nitrogens is 1. The Bertz CT molecular complexity index is 1130. The molecule has 5 rings (SSSR count). The lowest BCUT2D eigenvalue weighted by Gasteiger charge is -2.36. The van der Waals surface area contributed by atoms with Gasteiger partial charge in [-0.1, -0.05) is 17.7 Å². The number of benzene rings is 2. The van der Waals surface area contributed by atoms with Crippen LogP contribution in [0.2, 0.25) is 5.02 Å². The zero-order chi connectivity index (χ0) is 22.4. The highest BCUT2D eigenvalue weighted by Crippen LogP contribution is 2.37. The molecule has 2 aliphatic rings. The summed E-state index contributed by atoms with van der Waals surface area (Å²) in [5.74, 6) is 0.708. The lowest BCUT2D eigenvalue weighted by atomic mass is 10.2. The molecule has 2 fully saturated rings. The fourth-order valence-corrected chi connectivity index (χ4v) is 5.74. The summed E-state index contributed by atoms with van der Waals surface area (Å²) in [6, 6.07) is 10.8. The lowest BCUT2D eigenvalue weighted by Crippen LogP contribution is -2.47. The van der Waals surface area contributed by atoms with E-state index in [-0.39, 0.29) is 5.56 Å². The molecule has 0 N–H and O–H groups in total. The third-order valence-electron chi connectivity index (χ3n) is 6.25. The van der Waals surface area contributed by atoms with E-state index in [1.54, 1.807) is 37.4 Å². The van der Waals surface area contributed by atoms with E-state index in [0.29, 0.717) is 26.6 Å². The number of hydrogen-bond donors (Lipinski definition) is 0. The van der Waals surface area contributed by atoms with E-state index >= 15 is 0 Å². The minimum atomic E-state index is -2.67. The van der Waals surface area contributed by atoms with Crippen molar-refractivity contribution in [2.24, 2.45) is 0 Å². The average molecular weight is 480 g/mol. The number of nitrogens with zero attached hydrogens (tertiary/aromatic N) is 3. The Balaban J connectivity index is 1.48. The van der Waals surface area contributed by atoms with Crippen molar-refractivity contribution in [1.29, 1.82) is 0 Å². The second-order valence-electron chi connectivity index (χ2n) is 8.21. The lowest BCUT2D eigenvalue weighted by molar-refractivity contribution is 0.153.